The standard InChI is InChI=1S/C18H24N6S2.HI/c1-3-19-17(20-9-8-14-12-25-13(2)23-14)21-10-11-22-18-24-15-6-4-5-7-16(15)26-18;/h4-7,12H,3,8-11H2,1-2H3,(H,22,24)(H2,19,20,21);1H. The Morgan fingerprint density at radius 3 is 2.74 bits per heavy atom. The summed E-state index contributed by atoms with van der Waals surface area (Å²) in [6.07, 6.45) is 0.866. The van der Waals surface area contributed by atoms with Crippen molar-refractivity contribution in [2.45, 2.75) is 20.3 Å². The fourth-order valence-corrected chi connectivity index (χ4v) is 3.98. The lowest BCUT2D eigenvalue weighted by Crippen LogP contribution is -2.39. The van der Waals surface area contributed by atoms with Crippen molar-refractivity contribution in [3.05, 3.63) is 40.3 Å². The van der Waals surface area contributed by atoms with Gasteiger partial charge < -0.3 is 16.0 Å². The van der Waals surface area contributed by atoms with Crippen LogP contribution in [-0.2, 0) is 6.42 Å². The van der Waals surface area contributed by atoms with Gasteiger partial charge in [0.05, 0.1) is 20.9 Å². The molecule has 0 aliphatic rings. The molecule has 0 saturated carbocycles. The number of para-hydroxylation sites is 1. The van der Waals surface area contributed by atoms with Gasteiger partial charge >= 0.3 is 0 Å². The SMILES string of the molecule is CCNC(=NCCc1csc(C)n1)NCCNc1nc2ccccc2s1.I. The molecule has 3 rings (SSSR count). The zero-order valence-corrected chi connectivity index (χ0v) is 19.5. The summed E-state index contributed by atoms with van der Waals surface area (Å²) >= 11 is 3.36. The maximum absolute atomic E-state index is 4.62. The number of halogens is 1. The lowest BCUT2D eigenvalue weighted by atomic mass is 10.3. The van der Waals surface area contributed by atoms with Crippen LogP contribution in [0.1, 0.15) is 17.6 Å². The molecule has 1 aromatic carbocycles. The number of thiazole rings is 2. The van der Waals surface area contributed by atoms with Crippen LogP contribution in [0.15, 0.2) is 34.6 Å². The number of nitrogens with one attached hydrogen (secondary N) is 3. The molecule has 6 nitrogen and oxygen atoms in total. The second-order valence-electron chi connectivity index (χ2n) is 5.71. The number of nitrogens with zero attached hydrogens (tertiary/aromatic N) is 3. The summed E-state index contributed by atoms with van der Waals surface area (Å²) in [6.45, 7) is 7.23. The Bertz CT molecular complexity index is 827. The molecule has 0 unspecified atom stereocenters. The average molecular weight is 516 g/mol. The van der Waals surface area contributed by atoms with Crippen molar-refractivity contribution in [2.75, 3.05) is 31.5 Å². The van der Waals surface area contributed by atoms with Crippen molar-refractivity contribution in [1.82, 2.24) is 20.6 Å². The van der Waals surface area contributed by atoms with E-state index in [0.717, 1.165) is 59.9 Å². The summed E-state index contributed by atoms with van der Waals surface area (Å²) in [5.41, 5.74) is 2.16. The second kappa shape index (κ2) is 11.4. The number of rotatable bonds is 8. The predicted molar refractivity (Wildman–Crippen MR) is 128 cm³/mol. The molecule has 2 aromatic heterocycles. The van der Waals surface area contributed by atoms with Crippen LogP contribution < -0.4 is 16.0 Å². The van der Waals surface area contributed by atoms with E-state index in [0.29, 0.717) is 0 Å². The number of anilines is 1. The summed E-state index contributed by atoms with van der Waals surface area (Å²) in [6, 6.07) is 8.18. The van der Waals surface area contributed by atoms with Crippen LogP contribution >= 0.6 is 46.7 Å². The molecule has 0 amide bonds. The molecule has 0 atom stereocenters. The number of aliphatic imine (C=N–C) groups is 1. The molecular weight excluding hydrogens is 491 g/mol. The van der Waals surface area contributed by atoms with Crippen LogP contribution in [0.4, 0.5) is 5.13 Å². The van der Waals surface area contributed by atoms with E-state index in [-0.39, 0.29) is 24.0 Å². The molecule has 0 saturated heterocycles. The quantitative estimate of drug-likeness (QED) is 0.183. The molecule has 0 aliphatic carbocycles. The highest BCUT2D eigenvalue weighted by molar-refractivity contribution is 14.0. The van der Waals surface area contributed by atoms with E-state index >= 15 is 0 Å². The Morgan fingerprint density at radius 1 is 1.15 bits per heavy atom. The Morgan fingerprint density at radius 2 is 2.00 bits per heavy atom. The highest BCUT2D eigenvalue weighted by atomic mass is 127. The number of benzene rings is 1. The summed E-state index contributed by atoms with van der Waals surface area (Å²) < 4.78 is 1.20. The fraction of sp³-hybridized carbons (Fsp3) is 0.389. The van der Waals surface area contributed by atoms with E-state index in [1.807, 2.05) is 25.1 Å². The fourth-order valence-electron chi connectivity index (χ4n) is 2.45. The van der Waals surface area contributed by atoms with Crippen molar-refractivity contribution in [2.24, 2.45) is 4.99 Å². The van der Waals surface area contributed by atoms with E-state index in [4.69, 9.17) is 0 Å². The minimum Gasteiger partial charge on any atom is -0.360 e. The monoisotopic (exact) mass is 516 g/mol. The third-order valence-electron chi connectivity index (χ3n) is 3.64. The lowest BCUT2D eigenvalue weighted by molar-refractivity contribution is 0.812. The molecule has 9 heteroatoms. The molecule has 2 heterocycles. The van der Waals surface area contributed by atoms with Gasteiger partial charge in [-0.25, -0.2) is 9.97 Å². The van der Waals surface area contributed by atoms with E-state index < -0.39 is 0 Å². The first-order chi connectivity index (χ1) is 12.7. The van der Waals surface area contributed by atoms with Crippen molar-refractivity contribution < 1.29 is 0 Å². The van der Waals surface area contributed by atoms with Crippen LogP contribution in [-0.4, -0.2) is 42.1 Å². The maximum atomic E-state index is 4.62. The molecule has 3 aromatic rings. The van der Waals surface area contributed by atoms with Crippen molar-refractivity contribution in [3.8, 4) is 0 Å². The molecule has 0 aliphatic heterocycles. The van der Waals surface area contributed by atoms with Crippen molar-refractivity contribution in [3.63, 3.8) is 0 Å². The van der Waals surface area contributed by atoms with Gasteiger partial charge in [0.1, 0.15) is 0 Å². The summed E-state index contributed by atoms with van der Waals surface area (Å²) in [7, 11) is 0. The number of hydrogen-bond donors (Lipinski definition) is 3. The summed E-state index contributed by atoms with van der Waals surface area (Å²) in [4.78, 5) is 13.7. The van der Waals surface area contributed by atoms with Gasteiger partial charge in [0.25, 0.3) is 0 Å². The molecule has 146 valence electrons. The molecule has 27 heavy (non-hydrogen) atoms. The highest BCUT2D eigenvalue weighted by Crippen LogP contribution is 2.24. The van der Waals surface area contributed by atoms with Gasteiger partial charge in [-0.1, -0.05) is 23.5 Å². The first kappa shape index (κ1) is 21.8. The van der Waals surface area contributed by atoms with Gasteiger partial charge in [0.2, 0.25) is 0 Å². The van der Waals surface area contributed by atoms with Gasteiger partial charge in [-0.15, -0.1) is 35.3 Å². The minimum absolute atomic E-state index is 0. The number of fused-ring (bicyclic) bond motifs is 1. The van der Waals surface area contributed by atoms with Crippen molar-refractivity contribution >= 4 is 68.0 Å². The molecular formula is C18H25IN6S2. The highest BCUT2D eigenvalue weighted by Gasteiger charge is 2.03. The topological polar surface area (TPSA) is 74.2 Å². The first-order valence-corrected chi connectivity index (χ1v) is 10.5. The largest absolute Gasteiger partial charge is 0.360 e. The molecule has 0 bridgehead atoms. The zero-order chi connectivity index (χ0) is 18.2. The zero-order valence-electron chi connectivity index (χ0n) is 15.5. The van der Waals surface area contributed by atoms with Crippen LogP contribution in [0.5, 0.6) is 0 Å². The number of aromatic nitrogens is 2. The first-order valence-electron chi connectivity index (χ1n) is 8.77. The number of aryl methyl sites for hydroxylation is 1. The maximum Gasteiger partial charge on any atom is 0.191 e. The Balaban J connectivity index is 0.00000261. The van der Waals surface area contributed by atoms with Gasteiger partial charge in [0, 0.05) is 38.0 Å². The van der Waals surface area contributed by atoms with Crippen LogP contribution in [0.3, 0.4) is 0 Å². The predicted octanol–water partition coefficient (Wildman–Crippen LogP) is 3.89. The summed E-state index contributed by atoms with van der Waals surface area (Å²) in [5.74, 6) is 0.838. The number of guanidine groups is 1. The van der Waals surface area contributed by atoms with Gasteiger partial charge in [-0.2, -0.15) is 0 Å². The molecule has 3 N–H and O–H groups in total. The normalized spacial score (nSPS) is 11.3. The number of hydrogen-bond acceptors (Lipinski definition) is 6. The second-order valence-corrected chi connectivity index (χ2v) is 7.80. The Hall–Kier alpha value is -1.46. The third kappa shape index (κ3) is 6.89. The van der Waals surface area contributed by atoms with Crippen LogP contribution in [0, 0.1) is 6.92 Å². The third-order valence-corrected chi connectivity index (χ3v) is 5.45. The Kier molecular flexibility index (Phi) is 9.22. The molecule has 0 spiro atoms. The molecule has 0 radical (unpaired) electrons. The molecule has 0 fully saturated rings. The lowest BCUT2D eigenvalue weighted by Gasteiger charge is -2.11. The minimum atomic E-state index is 0. The van der Waals surface area contributed by atoms with E-state index in [9.17, 15) is 0 Å². The van der Waals surface area contributed by atoms with Crippen LogP contribution in [0.25, 0.3) is 10.2 Å². The van der Waals surface area contributed by atoms with Gasteiger partial charge in [0.15, 0.2) is 11.1 Å². The average Bonchev–Trinajstić information content (AvgIpc) is 3.24. The van der Waals surface area contributed by atoms with E-state index in [1.54, 1.807) is 22.7 Å². The van der Waals surface area contributed by atoms with E-state index in [1.165, 1.54) is 4.70 Å². The van der Waals surface area contributed by atoms with E-state index in [2.05, 4.69) is 49.3 Å². The van der Waals surface area contributed by atoms with Gasteiger partial charge in [-0.05, 0) is 26.0 Å². The summed E-state index contributed by atoms with van der Waals surface area (Å²) in [5, 5.41) is 14.2. The van der Waals surface area contributed by atoms with Gasteiger partial charge in [-0.3, -0.25) is 4.99 Å². The Labute approximate surface area is 184 Å². The smallest absolute Gasteiger partial charge is 0.191 e. The van der Waals surface area contributed by atoms with Crippen molar-refractivity contribution in [1.29, 1.82) is 0 Å². The van der Waals surface area contributed by atoms with Crippen LogP contribution in [0.2, 0.25) is 0 Å².